The van der Waals surface area contributed by atoms with Gasteiger partial charge in [-0.1, -0.05) is 0 Å². The van der Waals surface area contributed by atoms with E-state index in [-0.39, 0.29) is 57.3 Å². The largest absolute Gasteiger partial charge is 3.00 e. The molecule has 6 nitrogen and oxygen atoms in total. The molecule has 56 valence electrons. The van der Waals surface area contributed by atoms with Gasteiger partial charge in [0.2, 0.25) is 0 Å². The molecule has 0 atom stereocenters. The van der Waals surface area contributed by atoms with Crippen LogP contribution in [0.3, 0.4) is 0 Å². The maximum absolute atomic E-state index is 8.42. The Balaban J connectivity index is -0.0000000300. The van der Waals surface area contributed by atoms with Crippen molar-refractivity contribution in [1.82, 2.24) is 0 Å². The van der Waals surface area contributed by atoms with Gasteiger partial charge in [-0.2, -0.15) is 0 Å². The molecular formula is B2CrGdO6. The van der Waals surface area contributed by atoms with E-state index in [1.807, 2.05) is 0 Å². The fourth-order valence-electron chi connectivity index (χ4n) is 0. The number of hydrogen-bond donors (Lipinski definition) is 0. The van der Waals surface area contributed by atoms with Gasteiger partial charge in [0.25, 0.3) is 0 Å². The van der Waals surface area contributed by atoms with E-state index >= 15 is 0 Å². The van der Waals surface area contributed by atoms with E-state index in [9.17, 15) is 0 Å². The Bertz CT molecular complexity index is 31.2. The van der Waals surface area contributed by atoms with E-state index in [1.54, 1.807) is 0 Å². The average Bonchev–Trinajstić information content (AvgIpc) is 1.25. The normalized spacial score (nSPS) is 5.40. The summed E-state index contributed by atoms with van der Waals surface area (Å²) in [7, 11) is -5.83. The van der Waals surface area contributed by atoms with E-state index in [4.69, 9.17) is 30.1 Å². The van der Waals surface area contributed by atoms with E-state index in [2.05, 4.69) is 0 Å². The predicted molar refractivity (Wildman–Crippen MR) is 11.5 cm³/mol. The number of hydrogen-bond acceptors (Lipinski definition) is 6. The van der Waals surface area contributed by atoms with Crippen molar-refractivity contribution in [3.63, 3.8) is 0 Å². The van der Waals surface area contributed by atoms with Crippen LogP contribution in [-0.4, -0.2) is 14.6 Å². The summed E-state index contributed by atoms with van der Waals surface area (Å²) in [5.74, 6) is 0. The van der Waals surface area contributed by atoms with Gasteiger partial charge in [0.05, 0.1) is 0 Å². The van der Waals surface area contributed by atoms with Gasteiger partial charge in [-0.3, -0.25) is 14.6 Å². The quantitative estimate of drug-likeness (QED) is 0.405. The minimum atomic E-state index is -2.92. The zero-order valence-corrected chi connectivity index (χ0v) is 7.91. The summed E-state index contributed by atoms with van der Waals surface area (Å²) in [6.07, 6.45) is 0. The standard InChI is InChI=1S/2BO3.Cr.Gd/c2*2-1(3)4;;/q2*-3;2*+3. The molecule has 0 aliphatic rings. The molecule has 0 aliphatic heterocycles. The Kier molecular flexibility index (Phi) is 38.5. The van der Waals surface area contributed by atoms with Crippen molar-refractivity contribution < 1.29 is 87.4 Å². The Hall–Kier alpha value is 1.75. The van der Waals surface area contributed by atoms with Crippen molar-refractivity contribution in [3.05, 3.63) is 0 Å². The Morgan fingerprint density at radius 1 is 0.600 bits per heavy atom. The molecular weight excluding hydrogens is 327 g/mol. The van der Waals surface area contributed by atoms with E-state index in [1.165, 1.54) is 0 Å². The molecule has 0 amide bonds. The van der Waals surface area contributed by atoms with Gasteiger partial charge in [-0.05, 0) is 0 Å². The van der Waals surface area contributed by atoms with Crippen LogP contribution in [0.2, 0.25) is 0 Å². The fourth-order valence-corrected chi connectivity index (χ4v) is 0. The van der Waals surface area contributed by atoms with Crippen LogP contribution >= 0.6 is 0 Å². The Morgan fingerprint density at radius 2 is 0.600 bits per heavy atom. The number of rotatable bonds is 0. The maximum Gasteiger partial charge on any atom is 3.00 e. The minimum absolute atomic E-state index is 0. The zero-order valence-electron chi connectivity index (χ0n) is 4.37. The van der Waals surface area contributed by atoms with E-state index < -0.39 is 14.6 Å². The van der Waals surface area contributed by atoms with Gasteiger partial charge >= 0.3 is 57.3 Å². The van der Waals surface area contributed by atoms with Gasteiger partial charge in [0, 0.05) is 0 Å². The third-order valence-electron chi connectivity index (χ3n) is 0. The first-order chi connectivity index (χ1) is 3.46. The molecule has 0 unspecified atom stereocenters. The van der Waals surface area contributed by atoms with Crippen LogP contribution in [0, 0.1) is 39.9 Å². The molecule has 0 aromatic rings. The Morgan fingerprint density at radius 3 is 0.600 bits per heavy atom. The first-order valence-corrected chi connectivity index (χ1v) is 1.41. The second kappa shape index (κ2) is 17.0. The van der Waals surface area contributed by atoms with Crippen LogP contribution in [-0.2, 0) is 17.4 Å². The third-order valence-corrected chi connectivity index (χ3v) is 0. The molecule has 0 fully saturated rings. The summed E-state index contributed by atoms with van der Waals surface area (Å²) in [5.41, 5.74) is 0. The SMILES string of the molecule is [Cr+3].[Gd+3].[O-]B([O-])[O-].[O-]B([O-])[O-]. The molecule has 0 spiro atoms. The molecule has 0 saturated carbocycles. The molecule has 10 heavy (non-hydrogen) atoms. The van der Waals surface area contributed by atoms with Crippen LogP contribution in [0.1, 0.15) is 0 Å². The van der Waals surface area contributed by atoms with E-state index in [0.717, 1.165) is 0 Å². The molecule has 0 aromatic heterocycles. The second-order valence-electron chi connectivity index (χ2n) is 0.577. The van der Waals surface area contributed by atoms with Crippen LogP contribution in [0.4, 0.5) is 0 Å². The van der Waals surface area contributed by atoms with Gasteiger partial charge in [0.15, 0.2) is 0 Å². The maximum atomic E-state index is 8.42. The summed E-state index contributed by atoms with van der Waals surface area (Å²) in [5, 5.41) is 50.5. The van der Waals surface area contributed by atoms with Crippen molar-refractivity contribution in [1.29, 1.82) is 0 Å². The smallest absolute Gasteiger partial charge is 0.907 e. The second-order valence-corrected chi connectivity index (χ2v) is 0.577. The molecule has 2 radical (unpaired) electrons. The average molecular weight is 327 g/mol. The van der Waals surface area contributed by atoms with Crippen molar-refractivity contribution >= 4 is 14.6 Å². The summed E-state index contributed by atoms with van der Waals surface area (Å²) < 4.78 is 0. The van der Waals surface area contributed by atoms with Gasteiger partial charge in [-0.25, -0.2) is 0 Å². The van der Waals surface area contributed by atoms with E-state index in [0.29, 0.717) is 0 Å². The third kappa shape index (κ3) is 244. The molecule has 0 aliphatic carbocycles. The molecule has 0 rings (SSSR count). The van der Waals surface area contributed by atoms with Crippen molar-refractivity contribution in [3.8, 4) is 0 Å². The van der Waals surface area contributed by atoms with Crippen molar-refractivity contribution in [2.24, 2.45) is 0 Å². The molecule has 0 aromatic carbocycles. The monoisotopic (exact) mass is 328 g/mol. The fraction of sp³-hybridized carbons (Fsp3) is 0. The first kappa shape index (κ1) is 22.6. The first-order valence-electron chi connectivity index (χ1n) is 1.41. The van der Waals surface area contributed by atoms with Gasteiger partial charge in [0.1, 0.15) is 0 Å². The Labute approximate surface area is 101 Å². The molecule has 0 heterocycles. The summed E-state index contributed by atoms with van der Waals surface area (Å²) in [4.78, 5) is 0. The van der Waals surface area contributed by atoms with Crippen LogP contribution in [0.5, 0.6) is 0 Å². The summed E-state index contributed by atoms with van der Waals surface area (Å²) in [6.45, 7) is 0. The van der Waals surface area contributed by atoms with Crippen LogP contribution in [0.25, 0.3) is 0 Å². The summed E-state index contributed by atoms with van der Waals surface area (Å²) in [6, 6.07) is 0. The zero-order chi connectivity index (χ0) is 7.15. The van der Waals surface area contributed by atoms with Crippen molar-refractivity contribution in [2.45, 2.75) is 0 Å². The van der Waals surface area contributed by atoms with Gasteiger partial charge in [-0.15, -0.1) is 0 Å². The molecule has 0 bridgehead atoms. The predicted octanol–water partition coefficient (Wildman–Crippen LogP) is -7.90. The molecule has 10 heteroatoms. The topological polar surface area (TPSA) is 138 Å². The van der Waals surface area contributed by atoms with Crippen LogP contribution < -0.4 is 30.1 Å². The summed E-state index contributed by atoms with van der Waals surface area (Å²) >= 11 is 0. The van der Waals surface area contributed by atoms with Gasteiger partial charge < -0.3 is 30.1 Å². The van der Waals surface area contributed by atoms with Crippen LogP contribution in [0.15, 0.2) is 0 Å². The minimum Gasteiger partial charge on any atom is -0.907 e. The molecule has 0 N–H and O–H groups in total. The molecule has 0 saturated heterocycles. The van der Waals surface area contributed by atoms with Crippen molar-refractivity contribution in [2.75, 3.05) is 0 Å².